The van der Waals surface area contributed by atoms with E-state index in [0.717, 1.165) is 0 Å². The number of halogens is 3. The van der Waals surface area contributed by atoms with Gasteiger partial charge in [-0.25, -0.2) is 0 Å². The van der Waals surface area contributed by atoms with Crippen LogP contribution in [-0.2, 0) is 0 Å². The fraction of sp³-hybridized carbons (Fsp3) is 0. The third-order valence-electron chi connectivity index (χ3n) is 0. The molecule has 0 aromatic carbocycles. The summed E-state index contributed by atoms with van der Waals surface area (Å²) in [7, 11) is 4.25. The molecule has 0 aromatic heterocycles. The van der Waals surface area contributed by atoms with Crippen LogP contribution >= 0.6 is 0 Å². The fourth-order valence-corrected chi connectivity index (χ4v) is 0. The molecule has 33 valence electrons. The maximum absolute atomic E-state index is 4.25. The van der Waals surface area contributed by atoms with Crippen molar-refractivity contribution in [3.8, 4) is 0 Å². The molecule has 0 saturated heterocycles. The van der Waals surface area contributed by atoms with Crippen molar-refractivity contribution in [3.63, 3.8) is 0 Å². The molecule has 0 aliphatic carbocycles. The summed E-state index contributed by atoms with van der Waals surface area (Å²) in [4.78, 5) is 0. The molecule has 0 saturated carbocycles. The summed E-state index contributed by atoms with van der Waals surface area (Å²) in [5.41, 5.74) is 0. The Bertz CT molecular complexity index is 6.85. The van der Waals surface area contributed by atoms with Gasteiger partial charge in [0.1, 0.15) is 0 Å². The monoisotopic (exact) mass is 85.0 g/mol. The molecule has 0 spiro atoms. The summed E-state index contributed by atoms with van der Waals surface area (Å²) in [6.45, 7) is 2.75. The van der Waals surface area contributed by atoms with Gasteiger partial charge in [-0.1, -0.05) is 0 Å². The van der Waals surface area contributed by atoms with E-state index in [9.17, 15) is 0 Å². The Morgan fingerprint density at radius 2 is 0.800 bits per heavy atom. The van der Waals surface area contributed by atoms with E-state index in [1.165, 1.54) is 0 Å². The van der Waals surface area contributed by atoms with Gasteiger partial charge in [-0.2, -0.15) is 0 Å². The van der Waals surface area contributed by atoms with Crippen LogP contribution in [0, 0.1) is 0 Å². The van der Waals surface area contributed by atoms with Gasteiger partial charge in [0.2, 0.25) is 0 Å². The standard InChI is InChI=1S/CH2B.3FH/c1-2;;;/h1H2;3*1H. The van der Waals surface area contributed by atoms with Crippen molar-refractivity contribution in [1.82, 2.24) is 0 Å². The van der Waals surface area contributed by atoms with Crippen LogP contribution in [0.25, 0.3) is 0 Å². The van der Waals surface area contributed by atoms with Crippen molar-refractivity contribution in [2.75, 3.05) is 0 Å². The average Bonchev–Trinajstić information content (AvgIpc) is 1.00. The molecule has 0 N–H and O–H groups in total. The zero-order valence-electron chi connectivity index (χ0n) is 2.51. The predicted molar refractivity (Wildman–Crippen MR) is 20.4 cm³/mol. The Morgan fingerprint density at radius 3 is 0.800 bits per heavy atom. The van der Waals surface area contributed by atoms with Crippen molar-refractivity contribution in [1.29, 1.82) is 0 Å². The first-order valence-electron chi connectivity index (χ1n) is 0.408. The van der Waals surface area contributed by atoms with Crippen LogP contribution in [0.15, 0.2) is 0 Å². The first-order chi connectivity index (χ1) is 1.00. The normalized spacial score (nSPS) is 0.600. The van der Waals surface area contributed by atoms with Crippen molar-refractivity contribution < 1.29 is 14.1 Å². The molecule has 0 amide bonds. The molecule has 0 bridgehead atoms. The third kappa shape index (κ3) is 146. The molecular formula is CH5BF3. The Labute approximate surface area is 29.4 Å². The molecule has 0 aliphatic heterocycles. The second kappa shape index (κ2) is 366. The summed E-state index contributed by atoms with van der Waals surface area (Å²) in [5.74, 6) is 0. The number of rotatable bonds is 0. The molecule has 0 fully saturated rings. The van der Waals surface area contributed by atoms with Crippen molar-refractivity contribution in [2.45, 2.75) is 0 Å². The van der Waals surface area contributed by atoms with Crippen LogP contribution < -0.4 is 0 Å². The van der Waals surface area contributed by atoms with Gasteiger partial charge in [0.05, 0.1) is 0 Å². The Morgan fingerprint density at radius 1 is 0.800 bits per heavy atom. The van der Waals surface area contributed by atoms with Crippen molar-refractivity contribution in [3.05, 3.63) is 0 Å². The van der Waals surface area contributed by atoms with E-state index in [0.29, 0.717) is 0 Å². The summed E-state index contributed by atoms with van der Waals surface area (Å²) in [5, 5.41) is 0. The van der Waals surface area contributed by atoms with Gasteiger partial charge in [0.15, 0.2) is 0 Å². The van der Waals surface area contributed by atoms with Crippen LogP contribution in [-0.4, -0.2) is 14.0 Å². The fourth-order valence-electron chi connectivity index (χ4n) is 0. The minimum absolute atomic E-state index is 0. The SMILES string of the molecule is F.F.F.[B]=C. The van der Waals surface area contributed by atoms with Gasteiger partial charge >= 0.3 is 14.0 Å². The molecule has 0 atom stereocenters. The molecule has 0 nitrogen and oxygen atoms in total. The Balaban J connectivity index is -0.00000000167. The van der Waals surface area contributed by atoms with E-state index in [-0.39, 0.29) is 14.1 Å². The maximum atomic E-state index is 4.25. The van der Waals surface area contributed by atoms with E-state index in [1.54, 1.807) is 0 Å². The van der Waals surface area contributed by atoms with E-state index in [1.807, 2.05) is 0 Å². The van der Waals surface area contributed by atoms with Gasteiger partial charge in [-0.05, 0) is 0 Å². The first kappa shape index (κ1) is 125. The molecule has 0 heterocycles. The molecule has 1 radical (unpaired) electrons. The van der Waals surface area contributed by atoms with E-state index in [2.05, 4.69) is 14.0 Å². The molecule has 0 unspecified atom stereocenters. The molecular weight excluding hydrogens is 79.8 g/mol. The zero-order chi connectivity index (χ0) is 2.00. The molecule has 0 rings (SSSR count). The van der Waals surface area contributed by atoms with E-state index >= 15 is 0 Å². The number of hydrogen-bond acceptors (Lipinski definition) is 0. The van der Waals surface area contributed by atoms with Crippen LogP contribution in [0.4, 0.5) is 14.1 Å². The van der Waals surface area contributed by atoms with E-state index < -0.39 is 0 Å². The molecule has 0 aromatic rings. The van der Waals surface area contributed by atoms with Crippen LogP contribution in [0.1, 0.15) is 0 Å². The van der Waals surface area contributed by atoms with Gasteiger partial charge in [0, 0.05) is 0 Å². The summed E-state index contributed by atoms with van der Waals surface area (Å²) in [6.07, 6.45) is 0. The van der Waals surface area contributed by atoms with Crippen LogP contribution in [0.5, 0.6) is 0 Å². The van der Waals surface area contributed by atoms with Gasteiger partial charge in [-0.15, -0.1) is 0 Å². The van der Waals surface area contributed by atoms with Crippen LogP contribution in [0.3, 0.4) is 0 Å². The molecule has 4 heteroatoms. The topological polar surface area (TPSA) is 0 Å². The predicted octanol–water partition coefficient (Wildman–Crippen LogP) is 0.0444. The summed E-state index contributed by atoms with van der Waals surface area (Å²) < 4.78 is 0. The van der Waals surface area contributed by atoms with Crippen molar-refractivity contribution in [2.24, 2.45) is 0 Å². The third-order valence-corrected chi connectivity index (χ3v) is 0. The number of hydrogen-bond donors (Lipinski definition) is 0. The van der Waals surface area contributed by atoms with Gasteiger partial charge in [-0.3, -0.25) is 14.1 Å². The van der Waals surface area contributed by atoms with Gasteiger partial charge in [0.25, 0.3) is 0 Å². The van der Waals surface area contributed by atoms with Gasteiger partial charge < -0.3 is 0 Å². The van der Waals surface area contributed by atoms with Crippen LogP contribution in [0.2, 0.25) is 0 Å². The first-order valence-corrected chi connectivity index (χ1v) is 0.408. The molecule has 5 heavy (non-hydrogen) atoms. The minimum atomic E-state index is 0. The molecule has 0 aliphatic rings. The average molecular weight is 84.9 g/mol. The Hall–Kier alpha value is -0.275. The Kier molecular flexibility index (Phi) is 9120. The second-order valence-corrected chi connectivity index (χ2v) is 0. The van der Waals surface area contributed by atoms with Crippen molar-refractivity contribution >= 4 is 14.0 Å². The summed E-state index contributed by atoms with van der Waals surface area (Å²) >= 11 is 0. The zero-order valence-corrected chi connectivity index (χ0v) is 2.51. The second-order valence-electron chi connectivity index (χ2n) is 0. The quantitative estimate of drug-likeness (QED) is 0.364. The summed E-state index contributed by atoms with van der Waals surface area (Å²) in [6, 6.07) is 0. The van der Waals surface area contributed by atoms with E-state index in [4.69, 9.17) is 0 Å².